The Morgan fingerprint density at radius 1 is 1.50 bits per heavy atom. The molecule has 4 heteroatoms. The Kier molecular flexibility index (Phi) is 3.65. The first kappa shape index (κ1) is 12.1. The first-order valence-electron chi connectivity index (χ1n) is 5.51. The van der Waals surface area contributed by atoms with Crippen molar-refractivity contribution < 1.29 is 0 Å². The number of hydrogen-bond acceptors (Lipinski definition) is 3. The van der Waals surface area contributed by atoms with E-state index >= 15 is 0 Å². The molecule has 2 rings (SSSR count). The summed E-state index contributed by atoms with van der Waals surface area (Å²) in [5.74, 6) is 2.43. The van der Waals surface area contributed by atoms with Gasteiger partial charge in [-0.2, -0.15) is 11.8 Å². The molecular weight excluding hydrogens is 240 g/mol. The minimum absolute atomic E-state index is 0.431. The summed E-state index contributed by atoms with van der Waals surface area (Å²) < 4.78 is 0. The number of nitrogens with one attached hydrogen (secondary N) is 1. The van der Waals surface area contributed by atoms with E-state index in [4.69, 9.17) is 11.6 Å². The zero-order valence-electron chi connectivity index (χ0n) is 9.66. The highest BCUT2D eigenvalue weighted by Crippen LogP contribution is 2.34. The van der Waals surface area contributed by atoms with Crippen LogP contribution in [-0.2, 0) is 0 Å². The lowest BCUT2D eigenvalue weighted by Crippen LogP contribution is -2.35. The van der Waals surface area contributed by atoms with Crippen molar-refractivity contribution in [3.8, 4) is 0 Å². The van der Waals surface area contributed by atoms with Gasteiger partial charge >= 0.3 is 0 Å². The second kappa shape index (κ2) is 4.84. The number of pyridine rings is 1. The molecule has 1 atom stereocenters. The van der Waals surface area contributed by atoms with Gasteiger partial charge in [0.15, 0.2) is 0 Å². The van der Waals surface area contributed by atoms with Crippen LogP contribution in [0.2, 0.25) is 5.15 Å². The molecule has 88 valence electrons. The van der Waals surface area contributed by atoms with Crippen molar-refractivity contribution in [3.63, 3.8) is 0 Å². The third-order valence-corrected chi connectivity index (χ3v) is 4.56. The lowest BCUT2D eigenvalue weighted by molar-refractivity contribution is 0.358. The second-order valence-electron chi connectivity index (χ2n) is 5.09. The Balaban J connectivity index is 1.97. The first-order valence-corrected chi connectivity index (χ1v) is 7.04. The molecule has 1 N–H and O–H groups in total. The second-order valence-corrected chi connectivity index (χ2v) is 6.51. The zero-order chi connectivity index (χ0) is 11.6. The van der Waals surface area contributed by atoms with E-state index in [1.54, 1.807) is 6.20 Å². The molecule has 1 fully saturated rings. The Hall–Kier alpha value is -0.410. The highest BCUT2D eigenvalue weighted by atomic mass is 35.5. The minimum Gasteiger partial charge on any atom is -0.380 e. The van der Waals surface area contributed by atoms with Gasteiger partial charge in [0.25, 0.3) is 0 Å². The minimum atomic E-state index is 0.431. The lowest BCUT2D eigenvalue weighted by Gasteiger charge is -2.35. The summed E-state index contributed by atoms with van der Waals surface area (Å²) in [5.41, 5.74) is 1.49. The summed E-state index contributed by atoms with van der Waals surface area (Å²) in [4.78, 5) is 4.08. The van der Waals surface area contributed by atoms with E-state index in [0.717, 1.165) is 5.69 Å². The number of thioether (sulfide) groups is 1. The molecule has 2 heterocycles. The van der Waals surface area contributed by atoms with Crippen LogP contribution < -0.4 is 5.32 Å². The van der Waals surface area contributed by atoms with Crippen LogP contribution >= 0.6 is 23.4 Å². The zero-order valence-corrected chi connectivity index (χ0v) is 11.2. The molecule has 0 spiro atoms. The SMILES string of the molecule is CC1(C)CSCC(Nc2ccc(Cl)nc2)C1. The van der Waals surface area contributed by atoms with Crippen molar-refractivity contribution >= 4 is 29.1 Å². The number of nitrogens with zero attached hydrogens (tertiary/aromatic N) is 1. The summed E-state index contributed by atoms with van der Waals surface area (Å²) in [6.45, 7) is 4.65. The van der Waals surface area contributed by atoms with E-state index in [0.29, 0.717) is 16.6 Å². The smallest absolute Gasteiger partial charge is 0.129 e. The average Bonchev–Trinajstić information content (AvgIpc) is 2.20. The molecule has 1 aromatic rings. The van der Waals surface area contributed by atoms with E-state index in [9.17, 15) is 0 Å². The van der Waals surface area contributed by atoms with Crippen LogP contribution in [0.5, 0.6) is 0 Å². The van der Waals surface area contributed by atoms with Crippen molar-refractivity contribution in [1.82, 2.24) is 4.98 Å². The van der Waals surface area contributed by atoms with Gasteiger partial charge in [-0.3, -0.25) is 0 Å². The molecule has 1 aliphatic heterocycles. The molecule has 0 bridgehead atoms. The molecule has 1 saturated heterocycles. The third-order valence-electron chi connectivity index (χ3n) is 2.71. The van der Waals surface area contributed by atoms with Crippen LogP contribution in [0.4, 0.5) is 5.69 Å². The molecule has 0 amide bonds. The molecule has 1 unspecified atom stereocenters. The maximum atomic E-state index is 5.76. The molecular formula is C12H17ClN2S. The Labute approximate surface area is 106 Å². The topological polar surface area (TPSA) is 24.9 Å². The van der Waals surface area contributed by atoms with Crippen molar-refractivity contribution in [2.45, 2.75) is 26.3 Å². The summed E-state index contributed by atoms with van der Waals surface area (Å²) in [7, 11) is 0. The molecule has 16 heavy (non-hydrogen) atoms. The fourth-order valence-electron chi connectivity index (χ4n) is 2.05. The maximum absolute atomic E-state index is 5.76. The molecule has 0 aromatic carbocycles. The standard InChI is InChI=1S/C12H17ClN2S/c1-12(2)5-10(7-16-8-12)15-9-3-4-11(13)14-6-9/h3-4,6,10,15H,5,7-8H2,1-2H3. The van der Waals surface area contributed by atoms with E-state index in [1.807, 2.05) is 23.9 Å². The number of aromatic nitrogens is 1. The third kappa shape index (κ3) is 3.29. The van der Waals surface area contributed by atoms with Crippen molar-refractivity contribution in [3.05, 3.63) is 23.5 Å². The van der Waals surface area contributed by atoms with Crippen molar-refractivity contribution in [2.24, 2.45) is 5.41 Å². The molecule has 1 aliphatic rings. The number of anilines is 1. The van der Waals surface area contributed by atoms with Gasteiger partial charge in [0, 0.05) is 11.8 Å². The molecule has 0 aliphatic carbocycles. The van der Waals surface area contributed by atoms with Gasteiger partial charge in [0.1, 0.15) is 5.15 Å². The summed E-state index contributed by atoms with van der Waals surface area (Å²) in [6, 6.07) is 4.35. The number of rotatable bonds is 2. The maximum Gasteiger partial charge on any atom is 0.129 e. The van der Waals surface area contributed by atoms with E-state index in [1.165, 1.54) is 17.9 Å². The van der Waals surface area contributed by atoms with Crippen LogP contribution in [0.25, 0.3) is 0 Å². The fraction of sp³-hybridized carbons (Fsp3) is 0.583. The van der Waals surface area contributed by atoms with Gasteiger partial charge in [-0.15, -0.1) is 0 Å². The first-order chi connectivity index (χ1) is 7.55. The van der Waals surface area contributed by atoms with E-state index in [-0.39, 0.29) is 0 Å². The van der Waals surface area contributed by atoms with Gasteiger partial charge in [-0.25, -0.2) is 4.98 Å². The molecule has 1 aromatic heterocycles. The van der Waals surface area contributed by atoms with Crippen molar-refractivity contribution in [1.29, 1.82) is 0 Å². The van der Waals surface area contributed by atoms with Gasteiger partial charge < -0.3 is 5.32 Å². The lowest BCUT2D eigenvalue weighted by atomic mass is 9.88. The normalized spacial score (nSPS) is 24.1. The summed E-state index contributed by atoms with van der Waals surface area (Å²) in [5, 5.41) is 4.07. The summed E-state index contributed by atoms with van der Waals surface area (Å²) in [6.07, 6.45) is 3.01. The Morgan fingerprint density at radius 3 is 2.94 bits per heavy atom. The highest BCUT2D eigenvalue weighted by molar-refractivity contribution is 7.99. The quantitative estimate of drug-likeness (QED) is 0.818. The van der Waals surface area contributed by atoms with Crippen LogP contribution in [0.3, 0.4) is 0 Å². The largest absolute Gasteiger partial charge is 0.380 e. The Bertz CT molecular complexity index is 351. The van der Waals surface area contributed by atoms with E-state index in [2.05, 4.69) is 24.1 Å². The predicted octanol–water partition coefficient (Wildman–Crippen LogP) is 3.68. The van der Waals surface area contributed by atoms with Crippen molar-refractivity contribution in [2.75, 3.05) is 16.8 Å². The van der Waals surface area contributed by atoms with Gasteiger partial charge in [-0.05, 0) is 29.7 Å². The molecule has 2 nitrogen and oxygen atoms in total. The van der Waals surface area contributed by atoms with Gasteiger partial charge in [0.05, 0.1) is 11.9 Å². The highest BCUT2D eigenvalue weighted by Gasteiger charge is 2.28. The van der Waals surface area contributed by atoms with Gasteiger partial charge in [-0.1, -0.05) is 25.4 Å². The monoisotopic (exact) mass is 256 g/mol. The number of halogens is 1. The van der Waals surface area contributed by atoms with Crippen LogP contribution in [0.15, 0.2) is 18.3 Å². The van der Waals surface area contributed by atoms with Crippen LogP contribution in [0, 0.1) is 5.41 Å². The predicted molar refractivity (Wildman–Crippen MR) is 72.4 cm³/mol. The number of hydrogen-bond donors (Lipinski definition) is 1. The van der Waals surface area contributed by atoms with E-state index < -0.39 is 0 Å². The average molecular weight is 257 g/mol. The molecule has 0 radical (unpaired) electrons. The Morgan fingerprint density at radius 2 is 2.31 bits per heavy atom. The fourth-order valence-corrected chi connectivity index (χ4v) is 3.44. The molecule has 0 saturated carbocycles. The van der Waals surface area contributed by atoms with Gasteiger partial charge in [0.2, 0.25) is 0 Å². The van der Waals surface area contributed by atoms with Crippen LogP contribution in [0.1, 0.15) is 20.3 Å². The summed E-state index contributed by atoms with van der Waals surface area (Å²) >= 11 is 7.78. The van der Waals surface area contributed by atoms with Crippen LogP contribution in [-0.4, -0.2) is 22.5 Å².